The fourth-order valence-electron chi connectivity index (χ4n) is 3.20. The summed E-state index contributed by atoms with van der Waals surface area (Å²) in [5.41, 5.74) is 2.24. The first-order valence-corrected chi connectivity index (χ1v) is 7.63. The number of carbonyl (C=O) groups excluding carboxylic acids is 1. The Morgan fingerprint density at radius 3 is 3.05 bits per heavy atom. The van der Waals surface area contributed by atoms with Gasteiger partial charge in [-0.05, 0) is 38.0 Å². The molecule has 2 heterocycles. The van der Waals surface area contributed by atoms with Gasteiger partial charge in [0.1, 0.15) is 11.6 Å². The van der Waals surface area contributed by atoms with E-state index in [1.165, 1.54) is 12.1 Å². The van der Waals surface area contributed by atoms with E-state index in [1.54, 1.807) is 12.1 Å². The van der Waals surface area contributed by atoms with Gasteiger partial charge in [0, 0.05) is 24.1 Å². The van der Waals surface area contributed by atoms with E-state index in [-0.39, 0.29) is 11.9 Å². The number of likely N-dealkylation sites (tertiary alicyclic amines) is 1. The maximum atomic E-state index is 13.4. The molecule has 5 heteroatoms. The van der Waals surface area contributed by atoms with Crippen LogP contribution in [0.2, 0.25) is 0 Å². The molecule has 1 aromatic heterocycles. The van der Waals surface area contributed by atoms with E-state index >= 15 is 0 Å². The average Bonchev–Trinajstić information content (AvgIpc) is 3.12. The van der Waals surface area contributed by atoms with Gasteiger partial charge in [-0.25, -0.2) is 4.39 Å². The summed E-state index contributed by atoms with van der Waals surface area (Å²) in [5.74, 6) is 0.308. The Morgan fingerprint density at radius 2 is 2.32 bits per heavy atom. The van der Waals surface area contributed by atoms with Crippen LogP contribution in [0.1, 0.15) is 53.2 Å². The molecule has 0 N–H and O–H groups in total. The quantitative estimate of drug-likeness (QED) is 0.869. The molecular formula is C17H19FN2O2. The zero-order chi connectivity index (χ0) is 15.7. The Morgan fingerprint density at radius 1 is 1.50 bits per heavy atom. The molecule has 3 rings (SSSR count). The summed E-state index contributed by atoms with van der Waals surface area (Å²) < 4.78 is 18.7. The molecule has 0 radical (unpaired) electrons. The van der Waals surface area contributed by atoms with E-state index < -0.39 is 5.82 Å². The molecule has 1 aliphatic rings. The van der Waals surface area contributed by atoms with Crippen molar-refractivity contribution in [3.63, 3.8) is 0 Å². The van der Waals surface area contributed by atoms with Crippen LogP contribution in [-0.2, 0) is 6.42 Å². The zero-order valence-corrected chi connectivity index (χ0v) is 12.8. The van der Waals surface area contributed by atoms with Crippen molar-refractivity contribution in [1.82, 2.24) is 10.1 Å². The third-order valence-electron chi connectivity index (χ3n) is 4.22. The van der Waals surface area contributed by atoms with Gasteiger partial charge in [0.15, 0.2) is 0 Å². The molecule has 116 valence electrons. The van der Waals surface area contributed by atoms with Crippen LogP contribution in [0, 0.1) is 12.7 Å². The van der Waals surface area contributed by atoms with Crippen molar-refractivity contribution in [2.24, 2.45) is 0 Å². The predicted molar refractivity (Wildman–Crippen MR) is 80.0 cm³/mol. The number of benzene rings is 1. The molecule has 1 fully saturated rings. The van der Waals surface area contributed by atoms with E-state index in [0.717, 1.165) is 36.3 Å². The number of nitrogens with zero attached hydrogens (tertiary/aromatic N) is 2. The normalized spacial score (nSPS) is 18.0. The molecule has 0 aliphatic carbocycles. The molecule has 1 aromatic carbocycles. The summed E-state index contributed by atoms with van der Waals surface area (Å²) in [7, 11) is 0. The smallest absolute Gasteiger partial charge is 0.254 e. The van der Waals surface area contributed by atoms with Gasteiger partial charge in [0.25, 0.3) is 5.91 Å². The third-order valence-corrected chi connectivity index (χ3v) is 4.22. The lowest BCUT2D eigenvalue weighted by molar-refractivity contribution is 0.0734. The molecule has 0 saturated carbocycles. The van der Waals surface area contributed by atoms with E-state index in [9.17, 15) is 9.18 Å². The molecule has 1 atom stereocenters. The molecule has 4 nitrogen and oxygen atoms in total. The second kappa shape index (κ2) is 5.91. The Balaban J connectivity index is 1.93. The number of hydrogen-bond acceptors (Lipinski definition) is 3. The van der Waals surface area contributed by atoms with E-state index in [0.29, 0.717) is 12.1 Å². The van der Waals surface area contributed by atoms with Gasteiger partial charge in [-0.3, -0.25) is 4.79 Å². The maximum absolute atomic E-state index is 13.4. The maximum Gasteiger partial charge on any atom is 0.254 e. The standard InChI is InChI=1S/C17H19FN2O2/c1-3-15-16(11(2)19-22-15)14-8-5-9-20(14)17(21)12-6-4-7-13(18)10-12/h4,6-7,10,14H,3,5,8-9H2,1-2H3. The second-order valence-electron chi connectivity index (χ2n) is 5.63. The van der Waals surface area contributed by atoms with Crippen LogP contribution in [0.15, 0.2) is 28.8 Å². The largest absolute Gasteiger partial charge is 0.361 e. The second-order valence-corrected chi connectivity index (χ2v) is 5.63. The molecule has 1 aliphatic heterocycles. The van der Waals surface area contributed by atoms with Crippen LogP contribution in [0.5, 0.6) is 0 Å². The molecule has 22 heavy (non-hydrogen) atoms. The number of aromatic nitrogens is 1. The van der Waals surface area contributed by atoms with Crippen LogP contribution in [-0.4, -0.2) is 22.5 Å². The Bertz CT molecular complexity index is 696. The Kier molecular flexibility index (Phi) is 3.96. The van der Waals surface area contributed by atoms with Gasteiger partial charge in [0.05, 0.1) is 11.7 Å². The number of amides is 1. The highest BCUT2D eigenvalue weighted by atomic mass is 19.1. The van der Waals surface area contributed by atoms with Crippen LogP contribution in [0.4, 0.5) is 4.39 Å². The average molecular weight is 302 g/mol. The van der Waals surface area contributed by atoms with Crippen LogP contribution >= 0.6 is 0 Å². The van der Waals surface area contributed by atoms with Crippen LogP contribution in [0.25, 0.3) is 0 Å². The van der Waals surface area contributed by atoms with Gasteiger partial charge in [-0.1, -0.05) is 18.1 Å². The molecule has 1 saturated heterocycles. The monoisotopic (exact) mass is 302 g/mol. The number of halogens is 1. The van der Waals surface area contributed by atoms with Crippen molar-refractivity contribution < 1.29 is 13.7 Å². The van der Waals surface area contributed by atoms with Gasteiger partial charge in [-0.2, -0.15) is 0 Å². The minimum Gasteiger partial charge on any atom is -0.361 e. The molecule has 0 bridgehead atoms. The Labute approximate surface area is 128 Å². The van der Waals surface area contributed by atoms with Crippen LogP contribution in [0.3, 0.4) is 0 Å². The van der Waals surface area contributed by atoms with Crippen molar-refractivity contribution in [2.45, 2.75) is 39.2 Å². The highest BCUT2D eigenvalue weighted by Gasteiger charge is 2.34. The van der Waals surface area contributed by atoms with Gasteiger partial charge in [0.2, 0.25) is 0 Å². The minimum atomic E-state index is -0.392. The molecule has 1 amide bonds. The summed E-state index contributed by atoms with van der Waals surface area (Å²) in [5, 5.41) is 4.04. The first kappa shape index (κ1) is 14.8. The highest BCUT2D eigenvalue weighted by molar-refractivity contribution is 5.94. The fourth-order valence-corrected chi connectivity index (χ4v) is 3.20. The molecule has 2 aromatic rings. The molecular weight excluding hydrogens is 283 g/mol. The Hall–Kier alpha value is -2.17. The predicted octanol–water partition coefficient (Wildman–Crippen LogP) is 3.66. The summed E-state index contributed by atoms with van der Waals surface area (Å²) >= 11 is 0. The minimum absolute atomic E-state index is 0.0306. The van der Waals surface area contributed by atoms with Gasteiger partial charge < -0.3 is 9.42 Å². The number of carbonyl (C=O) groups is 1. The van der Waals surface area contributed by atoms with E-state index in [4.69, 9.17) is 4.52 Å². The third kappa shape index (κ3) is 2.51. The van der Waals surface area contributed by atoms with Crippen molar-refractivity contribution >= 4 is 5.91 Å². The highest BCUT2D eigenvalue weighted by Crippen LogP contribution is 2.36. The first-order valence-electron chi connectivity index (χ1n) is 7.63. The summed E-state index contributed by atoms with van der Waals surface area (Å²) in [6, 6.07) is 5.82. The lowest BCUT2D eigenvalue weighted by Gasteiger charge is -2.25. The molecule has 1 unspecified atom stereocenters. The number of aryl methyl sites for hydroxylation is 2. The lowest BCUT2D eigenvalue weighted by atomic mass is 10.0. The number of rotatable bonds is 3. The zero-order valence-electron chi connectivity index (χ0n) is 12.8. The summed E-state index contributed by atoms with van der Waals surface area (Å²) in [6.45, 7) is 4.59. The summed E-state index contributed by atoms with van der Waals surface area (Å²) in [6.07, 6.45) is 2.56. The first-order chi connectivity index (χ1) is 10.6. The van der Waals surface area contributed by atoms with Crippen molar-refractivity contribution in [3.05, 3.63) is 52.7 Å². The summed E-state index contributed by atoms with van der Waals surface area (Å²) in [4.78, 5) is 14.5. The fraction of sp³-hybridized carbons (Fsp3) is 0.412. The van der Waals surface area contributed by atoms with Gasteiger partial charge in [-0.15, -0.1) is 0 Å². The number of hydrogen-bond donors (Lipinski definition) is 0. The van der Waals surface area contributed by atoms with Crippen LogP contribution < -0.4 is 0 Å². The van der Waals surface area contributed by atoms with E-state index in [2.05, 4.69) is 5.16 Å². The van der Waals surface area contributed by atoms with Crippen molar-refractivity contribution in [1.29, 1.82) is 0 Å². The van der Waals surface area contributed by atoms with Crippen molar-refractivity contribution in [3.8, 4) is 0 Å². The SMILES string of the molecule is CCc1onc(C)c1C1CCCN1C(=O)c1cccc(F)c1. The van der Waals surface area contributed by atoms with Gasteiger partial charge >= 0.3 is 0 Å². The molecule has 0 spiro atoms. The topological polar surface area (TPSA) is 46.3 Å². The lowest BCUT2D eigenvalue weighted by Crippen LogP contribution is -2.31. The van der Waals surface area contributed by atoms with E-state index in [1.807, 2.05) is 18.7 Å². The van der Waals surface area contributed by atoms with Crippen molar-refractivity contribution in [2.75, 3.05) is 6.54 Å².